The van der Waals surface area contributed by atoms with E-state index in [1.165, 1.54) is 11.1 Å². The van der Waals surface area contributed by atoms with Crippen LogP contribution in [0.3, 0.4) is 0 Å². The highest BCUT2D eigenvalue weighted by atomic mass is 16.5. The van der Waals surface area contributed by atoms with Gasteiger partial charge in [-0.05, 0) is 32.9 Å². The summed E-state index contributed by atoms with van der Waals surface area (Å²) in [5.41, 5.74) is 9.17. The lowest BCUT2D eigenvalue weighted by molar-refractivity contribution is -0.155. The zero-order chi connectivity index (χ0) is 15.7. The van der Waals surface area contributed by atoms with Crippen LogP contribution in [-0.2, 0) is 11.3 Å². The maximum Gasteiger partial charge on any atom is 0.0662 e. The Labute approximate surface area is 129 Å². The maximum absolute atomic E-state index is 6.66. The van der Waals surface area contributed by atoms with Gasteiger partial charge in [0, 0.05) is 30.7 Å². The Morgan fingerprint density at radius 2 is 1.90 bits per heavy atom. The summed E-state index contributed by atoms with van der Waals surface area (Å²) in [6, 6.07) is 8.73. The number of hydrogen-bond acceptors (Lipinski definition) is 3. The van der Waals surface area contributed by atoms with E-state index in [2.05, 4.69) is 63.9 Å². The van der Waals surface area contributed by atoms with Crippen LogP contribution in [0.4, 0.5) is 0 Å². The Balaban J connectivity index is 1.93. The molecular formula is C18H30N2O. The molecule has 2 unspecified atom stereocenters. The topological polar surface area (TPSA) is 38.5 Å². The number of nitrogens with zero attached hydrogens (tertiary/aromatic N) is 1. The van der Waals surface area contributed by atoms with Crippen LogP contribution in [0.2, 0.25) is 0 Å². The van der Waals surface area contributed by atoms with E-state index in [0.717, 1.165) is 26.1 Å². The van der Waals surface area contributed by atoms with Gasteiger partial charge in [-0.2, -0.15) is 0 Å². The third-order valence-corrected chi connectivity index (χ3v) is 5.13. The van der Waals surface area contributed by atoms with E-state index in [0.29, 0.717) is 6.10 Å². The van der Waals surface area contributed by atoms with Gasteiger partial charge in [-0.1, -0.05) is 43.7 Å². The van der Waals surface area contributed by atoms with Gasteiger partial charge in [0.05, 0.1) is 6.10 Å². The Morgan fingerprint density at radius 1 is 1.29 bits per heavy atom. The second-order valence-corrected chi connectivity index (χ2v) is 7.18. The molecule has 1 fully saturated rings. The lowest BCUT2D eigenvalue weighted by Crippen LogP contribution is -2.73. The highest BCUT2D eigenvalue weighted by molar-refractivity contribution is 5.21. The number of aryl methyl sites for hydroxylation is 1. The van der Waals surface area contributed by atoms with Crippen LogP contribution in [0.25, 0.3) is 0 Å². The van der Waals surface area contributed by atoms with E-state index in [1.54, 1.807) is 0 Å². The fraction of sp³-hybridized carbons (Fsp3) is 0.667. The third kappa shape index (κ3) is 3.31. The van der Waals surface area contributed by atoms with Crippen LogP contribution in [0.15, 0.2) is 24.3 Å². The van der Waals surface area contributed by atoms with Gasteiger partial charge >= 0.3 is 0 Å². The molecule has 3 heteroatoms. The molecule has 0 aromatic heterocycles. The first-order chi connectivity index (χ1) is 9.78. The summed E-state index contributed by atoms with van der Waals surface area (Å²) in [5.74, 6) is 0. The second kappa shape index (κ2) is 6.07. The van der Waals surface area contributed by atoms with Crippen molar-refractivity contribution in [1.82, 2.24) is 4.90 Å². The summed E-state index contributed by atoms with van der Waals surface area (Å²) in [5, 5.41) is 0. The van der Waals surface area contributed by atoms with Crippen molar-refractivity contribution in [2.45, 2.75) is 52.3 Å². The average molecular weight is 290 g/mol. The van der Waals surface area contributed by atoms with E-state index < -0.39 is 0 Å². The van der Waals surface area contributed by atoms with Gasteiger partial charge in [-0.25, -0.2) is 0 Å². The molecule has 1 aromatic rings. The smallest absolute Gasteiger partial charge is 0.0662 e. The SMILES string of the molecule is CCOC1CC(N)(CN(C)Cc2ccc(C)cc2)C1(C)C. The predicted octanol–water partition coefficient (Wildman–Crippen LogP) is 2.96. The van der Waals surface area contributed by atoms with Crippen molar-refractivity contribution in [2.75, 3.05) is 20.2 Å². The molecule has 1 aliphatic rings. The van der Waals surface area contributed by atoms with Gasteiger partial charge in [-0.3, -0.25) is 0 Å². The molecule has 118 valence electrons. The largest absolute Gasteiger partial charge is 0.378 e. The standard InChI is InChI=1S/C18H30N2O/c1-6-21-16-11-18(19,17(16,3)4)13-20(5)12-15-9-7-14(2)8-10-15/h7-10,16H,6,11-13,19H2,1-5H3. The molecule has 2 atom stereocenters. The molecule has 0 bridgehead atoms. The molecular weight excluding hydrogens is 260 g/mol. The molecule has 0 saturated heterocycles. The molecule has 1 aromatic carbocycles. The summed E-state index contributed by atoms with van der Waals surface area (Å²) in [7, 11) is 2.15. The van der Waals surface area contributed by atoms with Crippen molar-refractivity contribution < 1.29 is 4.74 Å². The van der Waals surface area contributed by atoms with Gasteiger partial charge in [0.1, 0.15) is 0 Å². The van der Waals surface area contributed by atoms with Crippen LogP contribution in [0.5, 0.6) is 0 Å². The number of hydrogen-bond donors (Lipinski definition) is 1. The van der Waals surface area contributed by atoms with Gasteiger partial charge in [-0.15, -0.1) is 0 Å². The van der Waals surface area contributed by atoms with Crippen LogP contribution < -0.4 is 5.73 Å². The second-order valence-electron chi connectivity index (χ2n) is 7.18. The lowest BCUT2D eigenvalue weighted by Gasteiger charge is -2.60. The van der Waals surface area contributed by atoms with Crippen LogP contribution in [0.1, 0.15) is 38.3 Å². The van der Waals surface area contributed by atoms with Gasteiger partial charge < -0.3 is 15.4 Å². The molecule has 1 saturated carbocycles. The number of likely N-dealkylation sites (N-methyl/N-ethyl adjacent to an activating group) is 1. The molecule has 0 radical (unpaired) electrons. The first-order valence-corrected chi connectivity index (χ1v) is 7.93. The third-order valence-electron chi connectivity index (χ3n) is 5.13. The minimum absolute atomic E-state index is 0.0323. The molecule has 21 heavy (non-hydrogen) atoms. The zero-order valence-corrected chi connectivity index (χ0v) is 14.1. The predicted molar refractivity (Wildman–Crippen MR) is 88.2 cm³/mol. The summed E-state index contributed by atoms with van der Waals surface area (Å²) in [4.78, 5) is 2.33. The van der Waals surface area contributed by atoms with E-state index in [4.69, 9.17) is 10.5 Å². The van der Waals surface area contributed by atoms with Crippen molar-refractivity contribution in [1.29, 1.82) is 0 Å². The molecule has 2 rings (SSSR count). The average Bonchev–Trinajstić information content (AvgIpc) is 2.41. The summed E-state index contributed by atoms with van der Waals surface area (Å²) in [6.07, 6.45) is 1.24. The highest BCUT2D eigenvalue weighted by Gasteiger charge is 2.58. The Morgan fingerprint density at radius 3 is 2.43 bits per heavy atom. The van der Waals surface area contributed by atoms with E-state index >= 15 is 0 Å². The van der Waals surface area contributed by atoms with E-state index in [-0.39, 0.29) is 11.0 Å². The molecule has 3 nitrogen and oxygen atoms in total. The van der Waals surface area contributed by atoms with Crippen molar-refractivity contribution in [3.05, 3.63) is 35.4 Å². The minimum Gasteiger partial charge on any atom is -0.378 e. The fourth-order valence-corrected chi connectivity index (χ4v) is 3.32. The van der Waals surface area contributed by atoms with Crippen LogP contribution in [-0.4, -0.2) is 36.7 Å². The first-order valence-electron chi connectivity index (χ1n) is 7.93. The highest BCUT2D eigenvalue weighted by Crippen LogP contribution is 2.50. The van der Waals surface area contributed by atoms with Crippen LogP contribution >= 0.6 is 0 Å². The normalized spacial score (nSPS) is 27.7. The van der Waals surface area contributed by atoms with Crippen molar-refractivity contribution >= 4 is 0 Å². The summed E-state index contributed by atoms with van der Waals surface area (Å²) < 4.78 is 5.80. The van der Waals surface area contributed by atoms with Gasteiger partial charge in [0.2, 0.25) is 0 Å². The molecule has 1 aliphatic carbocycles. The summed E-state index contributed by atoms with van der Waals surface area (Å²) in [6.45, 7) is 11.2. The Hall–Kier alpha value is -0.900. The van der Waals surface area contributed by atoms with Crippen molar-refractivity contribution in [3.63, 3.8) is 0 Å². The monoisotopic (exact) mass is 290 g/mol. The fourth-order valence-electron chi connectivity index (χ4n) is 3.32. The van der Waals surface area contributed by atoms with Gasteiger partial charge in [0.15, 0.2) is 0 Å². The molecule has 0 heterocycles. The van der Waals surface area contributed by atoms with Crippen molar-refractivity contribution in [3.8, 4) is 0 Å². The minimum atomic E-state index is -0.160. The van der Waals surface area contributed by atoms with Gasteiger partial charge in [0.25, 0.3) is 0 Å². The number of rotatable bonds is 6. The maximum atomic E-state index is 6.66. The van der Waals surface area contributed by atoms with Crippen molar-refractivity contribution in [2.24, 2.45) is 11.1 Å². The first kappa shape index (κ1) is 16.5. The van der Waals surface area contributed by atoms with E-state index in [9.17, 15) is 0 Å². The van der Waals surface area contributed by atoms with E-state index in [1.807, 2.05) is 0 Å². The van der Waals surface area contributed by atoms with Crippen LogP contribution in [0, 0.1) is 12.3 Å². The molecule has 0 spiro atoms. The molecule has 0 amide bonds. The number of ether oxygens (including phenoxy) is 1. The quantitative estimate of drug-likeness (QED) is 0.875. The Kier molecular flexibility index (Phi) is 4.76. The Bertz CT molecular complexity index is 469. The lowest BCUT2D eigenvalue weighted by atomic mass is 9.54. The molecule has 2 N–H and O–H groups in total. The number of nitrogens with two attached hydrogens (primary N) is 1. The summed E-state index contributed by atoms with van der Waals surface area (Å²) >= 11 is 0. The zero-order valence-electron chi connectivity index (χ0n) is 14.1. The molecule has 0 aliphatic heterocycles. The number of benzene rings is 1.